The number of carbonyl (C=O) groups is 3. The second-order valence-electron chi connectivity index (χ2n) is 14.2. The van der Waals surface area contributed by atoms with Crippen molar-refractivity contribution in [2.24, 2.45) is 0 Å². The fourth-order valence-electron chi connectivity index (χ4n) is 5.13. The smallest absolute Gasteiger partial charge is 0.306 e. The van der Waals surface area contributed by atoms with E-state index in [4.69, 9.17) is 14.2 Å². The highest BCUT2D eigenvalue weighted by Crippen LogP contribution is 2.11. The minimum atomic E-state index is -1.15. The summed E-state index contributed by atoms with van der Waals surface area (Å²) in [6, 6.07) is -0.749. The van der Waals surface area contributed by atoms with Crippen LogP contribution in [-0.4, -0.2) is 75.5 Å². The molecule has 2 atom stereocenters. The van der Waals surface area contributed by atoms with Crippen LogP contribution < -0.4 is 5.11 Å². The molecule has 0 aromatic carbocycles. The van der Waals surface area contributed by atoms with Crippen molar-refractivity contribution in [3.63, 3.8) is 0 Å². The zero-order valence-corrected chi connectivity index (χ0v) is 34.8. The van der Waals surface area contributed by atoms with Gasteiger partial charge in [0.25, 0.3) is 0 Å². The number of carbonyl (C=O) groups excluding carboxylic acids is 3. The molecule has 0 saturated carbocycles. The fourth-order valence-corrected chi connectivity index (χ4v) is 5.13. The second kappa shape index (κ2) is 36.9. The number of allylic oxidation sites excluding steroid dienone is 18. The lowest BCUT2D eigenvalue weighted by molar-refractivity contribution is -0.889. The van der Waals surface area contributed by atoms with E-state index in [9.17, 15) is 19.5 Å². The van der Waals surface area contributed by atoms with Gasteiger partial charge in [-0.3, -0.25) is 9.59 Å². The topological polar surface area (TPSA) is 102 Å². The molecule has 0 aliphatic heterocycles. The molecule has 0 aliphatic rings. The van der Waals surface area contributed by atoms with Gasteiger partial charge in [0.1, 0.15) is 12.6 Å². The molecule has 0 saturated heterocycles. The van der Waals surface area contributed by atoms with Crippen molar-refractivity contribution in [3.05, 3.63) is 109 Å². The standard InChI is InChI=1S/C47H73NO7/c1-6-8-10-12-14-16-18-20-22-24-26-28-30-32-34-36-38-46(50)55-43(41-53-40-39-44(47(51)52)48(3,4)5)42-54-45(49)37-35-33-31-29-27-25-23-21-19-17-15-13-11-9-7-2/h8-11,13-17,19-23,26,28,32,34,43-44H,6-7,12,18,24-25,27,29-31,33,35-42H2,1-5H3/b10-8+,11-9+,15-13+,16-14+,19-17+,22-20+,23-21+,28-26+,34-32+. The van der Waals surface area contributed by atoms with E-state index in [-0.39, 0.29) is 43.1 Å². The first-order valence-corrected chi connectivity index (χ1v) is 20.5. The summed E-state index contributed by atoms with van der Waals surface area (Å²) in [7, 11) is 5.35. The summed E-state index contributed by atoms with van der Waals surface area (Å²) >= 11 is 0. The number of rotatable bonds is 34. The molecule has 0 spiro atoms. The Morgan fingerprint density at radius 3 is 1.67 bits per heavy atom. The average molecular weight is 764 g/mol. The van der Waals surface area contributed by atoms with Gasteiger partial charge in [0.05, 0.1) is 40.3 Å². The third-order valence-corrected chi connectivity index (χ3v) is 8.26. The van der Waals surface area contributed by atoms with E-state index in [1.165, 1.54) is 0 Å². The van der Waals surface area contributed by atoms with Crippen LogP contribution in [0.15, 0.2) is 109 Å². The SMILES string of the molecule is CC/C=C/C=C/C=C/C=C/CCCCCCCC(=O)OCC(COCCC(C(=O)[O-])[N+](C)(C)C)OC(=O)CC/C=C/C/C=C/C/C=C/C/C=C/C/C=C/CC. The molecule has 308 valence electrons. The molecule has 0 fully saturated rings. The zero-order chi connectivity index (χ0) is 40.7. The molecule has 8 heteroatoms. The van der Waals surface area contributed by atoms with Gasteiger partial charge in [-0.05, 0) is 64.2 Å². The van der Waals surface area contributed by atoms with Crippen LogP contribution in [0.2, 0.25) is 0 Å². The van der Waals surface area contributed by atoms with Gasteiger partial charge < -0.3 is 28.6 Å². The molecule has 8 nitrogen and oxygen atoms in total. The third kappa shape index (κ3) is 35.4. The highest BCUT2D eigenvalue weighted by molar-refractivity contribution is 5.70. The molecular formula is C47H73NO7. The number of nitrogens with zero attached hydrogens (tertiary/aromatic N) is 1. The second-order valence-corrected chi connectivity index (χ2v) is 14.2. The molecule has 0 heterocycles. The van der Waals surface area contributed by atoms with Crippen molar-refractivity contribution >= 4 is 17.9 Å². The number of carboxylic acids is 1. The molecular weight excluding hydrogens is 691 g/mol. The van der Waals surface area contributed by atoms with Crippen molar-refractivity contribution in [2.75, 3.05) is 41.0 Å². The summed E-state index contributed by atoms with van der Waals surface area (Å²) in [5, 5.41) is 11.6. The zero-order valence-electron chi connectivity index (χ0n) is 34.8. The summed E-state index contributed by atoms with van der Waals surface area (Å²) in [6.07, 6.45) is 49.8. The van der Waals surface area contributed by atoms with Crippen LogP contribution in [0.5, 0.6) is 0 Å². The highest BCUT2D eigenvalue weighted by atomic mass is 16.6. The van der Waals surface area contributed by atoms with Gasteiger partial charge in [-0.15, -0.1) is 0 Å². The maximum absolute atomic E-state index is 12.7. The minimum Gasteiger partial charge on any atom is -0.544 e. The van der Waals surface area contributed by atoms with Crippen LogP contribution in [-0.2, 0) is 28.6 Å². The number of hydrogen-bond acceptors (Lipinski definition) is 7. The van der Waals surface area contributed by atoms with E-state index in [1.807, 2.05) is 42.5 Å². The number of hydrogen-bond donors (Lipinski definition) is 0. The van der Waals surface area contributed by atoms with Crippen LogP contribution in [0.4, 0.5) is 0 Å². The van der Waals surface area contributed by atoms with Gasteiger partial charge in [0.15, 0.2) is 6.10 Å². The summed E-state index contributed by atoms with van der Waals surface area (Å²) in [6.45, 7) is 4.26. The summed E-state index contributed by atoms with van der Waals surface area (Å²) in [5.74, 6) is -1.89. The predicted octanol–water partition coefficient (Wildman–Crippen LogP) is 9.57. The van der Waals surface area contributed by atoms with E-state index < -0.39 is 24.1 Å². The lowest BCUT2D eigenvalue weighted by Crippen LogP contribution is -2.55. The van der Waals surface area contributed by atoms with Gasteiger partial charge in [0, 0.05) is 19.3 Å². The van der Waals surface area contributed by atoms with Gasteiger partial charge in [-0.25, -0.2) is 0 Å². The Hall–Kier alpha value is -4.01. The van der Waals surface area contributed by atoms with Crippen LogP contribution in [0, 0.1) is 0 Å². The van der Waals surface area contributed by atoms with E-state index >= 15 is 0 Å². The Labute approximate surface area is 334 Å². The number of quaternary nitrogens is 1. The van der Waals surface area contributed by atoms with E-state index in [0.29, 0.717) is 12.8 Å². The first-order valence-electron chi connectivity index (χ1n) is 20.5. The van der Waals surface area contributed by atoms with Crippen LogP contribution in [0.1, 0.15) is 117 Å². The number of carboxylic acid groups (broad SMARTS) is 1. The van der Waals surface area contributed by atoms with Crippen LogP contribution >= 0.6 is 0 Å². The summed E-state index contributed by atoms with van der Waals surface area (Å²) in [4.78, 5) is 36.7. The third-order valence-electron chi connectivity index (χ3n) is 8.26. The molecule has 55 heavy (non-hydrogen) atoms. The molecule has 0 bridgehead atoms. The van der Waals surface area contributed by atoms with Crippen molar-refractivity contribution in [3.8, 4) is 0 Å². The maximum Gasteiger partial charge on any atom is 0.306 e. The highest BCUT2D eigenvalue weighted by Gasteiger charge is 2.25. The molecule has 2 unspecified atom stereocenters. The van der Waals surface area contributed by atoms with E-state index in [1.54, 1.807) is 21.1 Å². The number of aliphatic carboxylic acids is 1. The monoisotopic (exact) mass is 764 g/mol. The fraction of sp³-hybridized carbons (Fsp3) is 0.553. The number of likely N-dealkylation sites (N-methyl/N-ethyl adjacent to an activating group) is 1. The summed E-state index contributed by atoms with van der Waals surface area (Å²) in [5.41, 5.74) is 0. The minimum absolute atomic E-state index is 0.00512. The lowest BCUT2D eigenvalue weighted by Gasteiger charge is -2.34. The number of esters is 2. The van der Waals surface area contributed by atoms with Gasteiger partial charge >= 0.3 is 11.9 Å². The normalized spacial score (nSPS) is 14.1. The van der Waals surface area contributed by atoms with Crippen molar-refractivity contribution in [2.45, 2.75) is 129 Å². The number of unbranched alkanes of at least 4 members (excludes halogenated alkanes) is 5. The van der Waals surface area contributed by atoms with E-state index in [0.717, 1.165) is 77.0 Å². The Bertz CT molecular complexity index is 1260. The Balaban J connectivity index is 4.58. The van der Waals surface area contributed by atoms with Gasteiger partial charge in [0.2, 0.25) is 0 Å². The van der Waals surface area contributed by atoms with Gasteiger partial charge in [-0.1, -0.05) is 142 Å². The molecule has 0 N–H and O–H groups in total. The largest absolute Gasteiger partial charge is 0.544 e. The maximum atomic E-state index is 12.7. The van der Waals surface area contributed by atoms with Crippen LogP contribution in [0.25, 0.3) is 0 Å². The van der Waals surface area contributed by atoms with Crippen LogP contribution in [0.3, 0.4) is 0 Å². The molecule has 0 amide bonds. The average Bonchev–Trinajstić information content (AvgIpc) is 3.14. The Kier molecular flexibility index (Phi) is 34.2. The Morgan fingerprint density at radius 2 is 1.09 bits per heavy atom. The van der Waals surface area contributed by atoms with Gasteiger partial charge in [-0.2, -0.15) is 0 Å². The number of ether oxygens (including phenoxy) is 3. The van der Waals surface area contributed by atoms with Crippen molar-refractivity contribution in [1.82, 2.24) is 0 Å². The first kappa shape index (κ1) is 51.0. The quantitative estimate of drug-likeness (QED) is 0.0212. The predicted molar refractivity (Wildman–Crippen MR) is 226 cm³/mol. The van der Waals surface area contributed by atoms with E-state index in [2.05, 4.69) is 80.7 Å². The van der Waals surface area contributed by atoms with Crippen molar-refractivity contribution in [1.29, 1.82) is 0 Å². The first-order chi connectivity index (χ1) is 26.6. The summed E-state index contributed by atoms with van der Waals surface area (Å²) < 4.78 is 17.0. The van der Waals surface area contributed by atoms with Crippen molar-refractivity contribution < 1.29 is 38.2 Å². The molecule has 0 aromatic rings. The Morgan fingerprint density at radius 1 is 0.564 bits per heavy atom. The molecule has 0 rings (SSSR count). The molecule has 0 radical (unpaired) electrons. The molecule has 0 aliphatic carbocycles. The lowest BCUT2D eigenvalue weighted by atomic mass is 10.1. The molecule has 0 aromatic heterocycles.